The van der Waals surface area contributed by atoms with Crippen molar-refractivity contribution in [3.05, 3.63) is 12.3 Å². The summed E-state index contributed by atoms with van der Waals surface area (Å²) in [7, 11) is -2.83. The van der Waals surface area contributed by atoms with E-state index in [-0.39, 0.29) is 11.4 Å². The van der Waals surface area contributed by atoms with E-state index in [4.69, 9.17) is 0 Å². The molecule has 1 aliphatic carbocycles. The Morgan fingerprint density at radius 3 is 2.52 bits per heavy atom. The van der Waals surface area contributed by atoms with E-state index in [2.05, 4.69) is 5.10 Å². The number of carbonyl (C=O) groups is 1. The number of aromatic nitrogens is 2. The number of rotatable bonds is 3. The Morgan fingerprint density at radius 1 is 1.38 bits per heavy atom. The Morgan fingerprint density at radius 2 is 2.00 bits per heavy atom. The minimum atomic E-state index is -4.22. The number of sulfonamides is 1. The predicted octanol–water partition coefficient (Wildman–Crippen LogP) is 1.44. The van der Waals surface area contributed by atoms with Crippen molar-refractivity contribution in [1.82, 2.24) is 14.5 Å². The van der Waals surface area contributed by atoms with Crippen LogP contribution in [0.4, 0.5) is 8.78 Å². The molecule has 21 heavy (non-hydrogen) atoms. The zero-order valence-corrected chi connectivity index (χ0v) is 12.6. The van der Waals surface area contributed by atoms with Gasteiger partial charge in [0.1, 0.15) is 5.41 Å². The molecule has 0 spiro atoms. The van der Waals surface area contributed by atoms with Crippen molar-refractivity contribution in [1.29, 1.82) is 0 Å². The van der Waals surface area contributed by atoms with Gasteiger partial charge in [-0.15, -0.1) is 0 Å². The Kier molecular flexibility index (Phi) is 3.81. The maximum absolute atomic E-state index is 14.0. The average molecular weight is 321 g/mol. The van der Waals surface area contributed by atoms with Crippen LogP contribution in [-0.4, -0.2) is 30.0 Å². The molecular formula is C12H17F2N3O3S. The first-order valence-electron chi connectivity index (χ1n) is 6.53. The minimum absolute atomic E-state index is 0.0489. The fraction of sp³-hybridized carbons (Fsp3) is 0.667. The molecule has 1 heterocycles. The molecule has 1 atom stereocenters. The zero-order chi connectivity index (χ0) is 15.9. The number of amides is 1. The molecule has 0 saturated heterocycles. The van der Waals surface area contributed by atoms with Crippen LogP contribution in [0.15, 0.2) is 17.3 Å². The number of hydrogen-bond acceptors (Lipinski definition) is 4. The van der Waals surface area contributed by atoms with E-state index in [1.807, 2.05) is 0 Å². The highest BCUT2D eigenvalue weighted by Crippen LogP contribution is 2.48. The normalized spacial score (nSPS) is 25.5. The van der Waals surface area contributed by atoms with Crippen LogP contribution in [0.1, 0.15) is 32.6 Å². The number of alkyl halides is 2. The van der Waals surface area contributed by atoms with Crippen molar-refractivity contribution in [2.45, 2.75) is 43.6 Å². The second-order valence-electron chi connectivity index (χ2n) is 5.47. The molecule has 1 unspecified atom stereocenters. The van der Waals surface area contributed by atoms with E-state index in [1.54, 1.807) is 4.72 Å². The number of hydrogen-bond donors (Lipinski definition) is 1. The lowest BCUT2D eigenvalue weighted by molar-refractivity contribution is -0.167. The quantitative estimate of drug-likeness (QED) is 0.913. The van der Waals surface area contributed by atoms with Gasteiger partial charge in [0.25, 0.3) is 15.9 Å². The molecule has 0 radical (unpaired) electrons. The molecule has 1 aromatic heterocycles. The molecule has 1 amide bonds. The van der Waals surface area contributed by atoms with Crippen LogP contribution in [0.3, 0.4) is 0 Å². The third-order valence-electron chi connectivity index (χ3n) is 4.00. The predicted molar refractivity (Wildman–Crippen MR) is 70.1 cm³/mol. The number of carbonyl (C=O) groups excluding carboxylic acids is 1. The van der Waals surface area contributed by atoms with Crippen molar-refractivity contribution >= 4 is 15.9 Å². The summed E-state index contributed by atoms with van der Waals surface area (Å²) in [5.41, 5.74) is -2.02. The summed E-state index contributed by atoms with van der Waals surface area (Å²) >= 11 is 0. The number of aryl methyl sites for hydroxylation is 1. The van der Waals surface area contributed by atoms with Crippen molar-refractivity contribution < 1.29 is 22.0 Å². The van der Waals surface area contributed by atoms with Crippen LogP contribution in [0.2, 0.25) is 0 Å². The van der Waals surface area contributed by atoms with E-state index < -0.39 is 33.7 Å². The molecule has 1 saturated carbocycles. The maximum Gasteiger partial charge on any atom is 0.281 e. The molecule has 1 N–H and O–H groups in total. The lowest BCUT2D eigenvalue weighted by Gasteiger charge is -2.39. The first-order valence-corrected chi connectivity index (χ1v) is 8.01. The van der Waals surface area contributed by atoms with Gasteiger partial charge < -0.3 is 0 Å². The fourth-order valence-corrected chi connectivity index (χ4v) is 3.69. The first kappa shape index (κ1) is 15.9. The standard InChI is InChI=1S/C12H17F2N3O3S/c1-11(6-3-4-7-12(11,13)14)10(18)16-21(19,20)9-5-8-15-17(9)2/h5,8H,3-4,6-7H2,1-2H3,(H,16,18). The van der Waals surface area contributed by atoms with Crippen molar-refractivity contribution in [2.24, 2.45) is 12.5 Å². The number of nitrogens with zero attached hydrogens (tertiary/aromatic N) is 2. The highest BCUT2D eigenvalue weighted by molar-refractivity contribution is 7.90. The van der Waals surface area contributed by atoms with Gasteiger partial charge in [0.15, 0.2) is 5.03 Å². The van der Waals surface area contributed by atoms with Gasteiger partial charge in [-0.1, -0.05) is 6.42 Å². The van der Waals surface area contributed by atoms with Crippen LogP contribution in [0, 0.1) is 5.41 Å². The molecule has 1 fully saturated rings. The number of nitrogens with one attached hydrogen (secondary N) is 1. The van der Waals surface area contributed by atoms with Crippen molar-refractivity contribution in [2.75, 3.05) is 0 Å². The van der Waals surface area contributed by atoms with Gasteiger partial charge in [-0.05, 0) is 25.8 Å². The summed E-state index contributed by atoms with van der Waals surface area (Å²) in [5, 5.41) is 3.44. The lowest BCUT2D eigenvalue weighted by Crippen LogP contribution is -2.53. The zero-order valence-electron chi connectivity index (χ0n) is 11.8. The average Bonchev–Trinajstić information content (AvgIpc) is 2.79. The van der Waals surface area contributed by atoms with Crippen LogP contribution < -0.4 is 4.72 Å². The second kappa shape index (κ2) is 5.04. The number of halogens is 2. The summed E-state index contributed by atoms with van der Waals surface area (Å²) < 4.78 is 55.0. The largest absolute Gasteiger partial charge is 0.281 e. The fourth-order valence-electron chi connectivity index (χ4n) is 2.48. The molecule has 6 nitrogen and oxygen atoms in total. The molecule has 2 rings (SSSR count). The van der Waals surface area contributed by atoms with E-state index in [1.165, 1.54) is 19.3 Å². The topological polar surface area (TPSA) is 81.1 Å². The molecule has 1 aliphatic rings. The van der Waals surface area contributed by atoms with Gasteiger partial charge in [-0.2, -0.15) is 13.5 Å². The summed E-state index contributed by atoms with van der Waals surface area (Å²) in [6, 6.07) is 1.19. The summed E-state index contributed by atoms with van der Waals surface area (Å²) in [4.78, 5) is 12.2. The minimum Gasteiger partial charge on any atom is -0.273 e. The van der Waals surface area contributed by atoms with Gasteiger partial charge >= 0.3 is 0 Å². The van der Waals surface area contributed by atoms with Gasteiger partial charge in [0.2, 0.25) is 5.91 Å². The van der Waals surface area contributed by atoms with Crippen molar-refractivity contribution in [3.63, 3.8) is 0 Å². The van der Waals surface area contributed by atoms with Gasteiger partial charge in [-0.3, -0.25) is 9.48 Å². The Hall–Kier alpha value is -1.51. The van der Waals surface area contributed by atoms with Crippen molar-refractivity contribution in [3.8, 4) is 0 Å². The van der Waals surface area contributed by atoms with Gasteiger partial charge in [-0.25, -0.2) is 13.5 Å². The van der Waals surface area contributed by atoms with E-state index >= 15 is 0 Å². The SMILES string of the molecule is Cn1nccc1S(=O)(=O)NC(=O)C1(C)CCCCC1(F)F. The van der Waals surface area contributed by atoms with Gasteiger partial charge in [0.05, 0.1) is 6.20 Å². The second-order valence-corrected chi connectivity index (χ2v) is 7.10. The molecule has 0 bridgehead atoms. The first-order chi connectivity index (χ1) is 9.60. The molecule has 1 aromatic rings. The molecule has 0 aromatic carbocycles. The Bertz CT molecular complexity index is 656. The third-order valence-corrected chi connectivity index (χ3v) is 5.41. The van der Waals surface area contributed by atoms with Crippen LogP contribution >= 0.6 is 0 Å². The maximum atomic E-state index is 14.0. The summed E-state index contributed by atoms with van der Waals surface area (Å²) in [6.07, 6.45) is 1.57. The monoisotopic (exact) mass is 321 g/mol. The molecule has 0 aliphatic heterocycles. The van der Waals surface area contributed by atoms with Crippen LogP contribution in [0.25, 0.3) is 0 Å². The molecule has 118 valence electrons. The van der Waals surface area contributed by atoms with E-state index in [0.29, 0.717) is 12.8 Å². The lowest BCUT2D eigenvalue weighted by atomic mass is 9.72. The van der Waals surface area contributed by atoms with E-state index in [0.717, 1.165) is 11.6 Å². The van der Waals surface area contributed by atoms with Gasteiger partial charge in [0, 0.05) is 13.5 Å². The smallest absolute Gasteiger partial charge is 0.273 e. The Labute approximate surface area is 121 Å². The molecule has 9 heteroatoms. The van der Waals surface area contributed by atoms with Crippen LogP contribution in [-0.2, 0) is 21.9 Å². The highest BCUT2D eigenvalue weighted by Gasteiger charge is 2.57. The molecular weight excluding hydrogens is 304 g/mol. The third kappa shape index (κ3) is 2.66. The summed E-state index contributed by atoms with van der Waals surface area (Å²) in [6.45, 7) is 1.11. The Balaban J connectivity index is 2.27. The highest BCUT2D eigenvalue weighted by atomic mass is 32.2. The summed E-state index contributed by atoms with van der Waals surface area (Å²) in [5.74, 6) is -4.40. The van der Waals surface area contributed by atoms with E-state index in [9.17, 15) is 22.0 Å². The van der Waals surface area contributed by atoms with Crippen LogP contribution in [0.5, 0.6) is 0 Å².